The summed E-state index contributed by atoms with van der Waals surface area (Å²) in [6.07, 6.45) is 3.81. The SMILES string of the molecule is CCC(CC)C(O)CNC1CCN(C(C)=O)CC1. The number of carbonyl (C=O) groups excluding carboxylic acids is 1. The number of aliphatic hydroxyl groups is 1. The van der Waals surface area contributed by atoms with E-state index < -0.39 is 0 Å². The number of nitrogens with one attached hydrogen (secondary N) is 1. The van der Waals surface area contributed by atoms with Gasteiger partial charge in [-0.2, -0.15) is 0 Å². The van der Waals surface area contributed by atoms with E-state index in [4.69, 9.17) is 0 Å². The fraction of sp³-hybridized carbons (Fsp3) is 0.929. The van der Waals surface area contributed by atoms with E-state index in [-0.39, 0.29) is 12.0 Å². The lowest BCUT2D eigenvalue weighted by Crippen LogP contribution is -2.46. The molecule has 0 bridgehead atoms. The maximum atomic E-state index is 11.2. The quantitative estimate of drug-likeness (QED) is 0.755. The molecule has 1 amide bonds. The van der Waals surface area contributed by atoms with Crippen LogP contribution in [0.25, 0.3) is 0 Å². The molecular formula is C14H28N2O2. The lowest BCUT2D eigenvalue weighted by Gasteiger charge is -2.33. The van der Waals surface area contributed by atoms with Crippen LogP contribution in [0.4, 0.5) is 0 Å². The van der Waals surface area contributed by atoms with Crippen LogP contribution in [0.5, 0.6) is 0 Å². The summed E-state index contributed by atoms with van der Waals surface area (Å²) in [7, 11) is 0. The van der Waals surface area contributed by atoms with E-state index in [1.165, 1.54) is 0 Å². The topological polar surface area (TPSA) is 52.6 Å². The van der Waals surface area contributed by atoms with Gasteiger partial charge in [0.15, 0.2) is 0 Å². The first kappa shape index (κ1) is 15.4. The van der Waals surface area contributed by atoms with E-state index in [0.29, 0.717) is 18.5 Å². The number of rotatable bonds is 6. The minimum atomic E-state index is -0.245. The van der Waals surface area contributed by atoms with Crippen LogP contribution in [0.2, 0.25) is 0 Å². The predicted molar refractivity (Wildman–Crippen MR) is 73.4 cm³/mol. The first-order valence-electron chi connectivity index (χ1n) is 7.25. The molecule has 1 fully saturated rings. The van der Waals surface area contributed by atoms with Gasteiger partial charge in [0.1, 0.15) is 0 Å². The molecule has 0 aromatic heterocycles. The van der Waals surface area contributed by atoms with Gasteiger partial charge in [-0.1, -0.05) is 26.7 Å². The Balaban J connectivity index is 2.23. The summed E-state index contributed by atoms with van der Waals surface area (Å²) in [5, 5.41) is 13.5. The van der Waals surface area contributed by atoms with Gasteiger partial charge in [0.2, 0.25) is 5.91 Å². The van der Waals surface area contributed by atoms with Gasteiger partial charge >= 0.3 is 0 Å². The van der Waals surface area contributed by atoms with Gasteiger partial charge in [-0.15, -0.1) is 0 Å². The zero-order valence-corrected chi connectivity index (χ0v) is 12.0. The monoisotopic (exact) mass is 256 g/mol. The van der Waals surface area contributed by atoms with Gasteiger partial charge in [0, 0.05) is 32.6 Å². The number of nitrogens with zero attached hydrogens (tertiary/aromatic N) is 1. The number of piperidine rings is 1. The Morgan fingerprint density at radius 2 is 1.89 bits per heavy atom. The highest BCUT2D eigenvalue weighted by Crippen LogP contribution is 2.14. The molecule has 1 rings (SSSR count). The van der Waals surface area contributed by atoms with Crippen molar-refractivity contribution < 1.29 is 9.90 Å². The Kier molecular flexibility index (Phi) is 6.65. The second kappa shape index (κ2) is 7.74. The number of carbonyl (C=O) groups is 1. The number of aliphatic hydroxyl groups excluding tert-OH is 1. The molecule has 1 unspecified atom stereocenters. The minimum Gasteiger partial charge on any atom is -0.392 e. The molecule has 106 valence electrons. The summed E-state index contributed by atoms with van der Waals surface area (Å²) in [5.41, 5.74) is 0. The summed E-state index contributed by atoms with van der Waals surface area (Å²) in [6.45, 7) is 8.25. The fourth-order valence-electron chi connectivity index (χ4n) is 2.69. The number of hydrogen-bond acceptors (Lipinski definition) is 3. The Morgan fingerprint density at radius 1 is 1.33 bits per heavy atom. The lowest BCUT2D eigenvalue weighted by atomic mass is 9.96. The zero-order chi connectivity index (χ0) is 13.5. The highest BCUT2D eigenvalue weighted by Gasteiger charge is 2.22. The molecule has 18 heavy (non-hydrogen) atoms. The van der Waals surface area contributed by atoms with Crippen LogP contribution in [0.3, 0.4) is 0 Å². The van der Waals surface area contributed by atoms with Gasteiger partial charge in [0.25, 0.3) is 0 Å². The Morgan fingerprint density at radius 3 is 2.33 bits per heavy atom. The van der Waals surface area contributed by atoms with Crippen LogP contribution >= 0.6 is 0 Å². The molecular weight excluding hydrogens is 228 g/mol. The molecule has 2 N–H and O–H groups in total. The minimum absolute atomic E-state index is 0.172. The zero-order valence-electron chi connectivity index (χ0n) is 12.0. The van der Waals surface area contributed by atoms with Crippen molar-refractivity contribution in [3.05, 3.63) is 0 Å². The lowest BCUT2D eigenvalue weighted by molar-refractivity contribution is -0.129. The van der Waals surface area contributed by atoms with Crippen molar-refractivity contribution in [3.63, 3.8) is 0 Å². The summed E-state index contributed by atoms with van der Waals surface area (Å²) < 4.78 is 0. The average molecular weight is 256 g/mol. The molecule has 1 aliphatic rings. The van der Waals surface area contributed by atoms with Gasteiger partial charge < -0.3 is 15.3 Å². The standard InChI is InChI=1S/C14H28N2O2/c1-4-12(5-2)14(18)10-15-13-6-8-16(9-7-13)11(3)17/h12-15,18H,4-10H2,1-3H3. The Hall–Kier alpha value is -0.610. The molecule has 1 heterocycles. The molecule has 0 aromatic rings. The highest BCUT2D eigenvalue weighted by atomic mass is 16.3. The Bertz CT molecular complexity index is 246. The van der Waals surface area contributed by atoms with Gasteiger partial charge in [-0.05, 0) is 18.8 Å². The summed E-state index contributed by atoms with van der Waals surface area (Å²) in [4.78, 5) is 13.1. The molecule has 0 saturated carbocycles. The number of amides is 1. The normalized spacial score (nSPS) is 19.3. The first-order chi connectivity index (χ1) is 8.58. The van der Waals surface area contributed by atoms with Crippen LogP contribution in [0, 0.1) is 5.92 Å². The van der Waals surface area contributed by atoms with Crippen molar-refractivity contribution in [3.8, 4) is 0 Å². The number of likely N-dealkylation sites (tertiary alicyclic amines) is 1. The third-order valence-electron chi connectivity index (χ3n) is 4.15. The third kappa shape index (κ3) is 4.58. The molecule has 0 radical (unpaired) electrons. The molecule has 0 spiro atoms. The van der Waals surface area contributed by atoms with Crippen LogP contribution in [-0.4, -0.2) is 47.7 Å². The second-order valence-corrected chi connectivity index (χ2v) is 5.33. The van der Waals surface area contributed by atoms with E-state index >= 15 is 0 Å². The molecule has 0 aliphatic carbocycles. The van der Waals surface area contributed by atoms with Gasteiger partial charge in [0.05, 0.1) is 6.10 Å². The van der Waals surface area contributed by atoms with E-state index in [2.05, 4.69) is 19.2 Å². The Labute approximate surface area is 111 Å². The molecule has 1 aliphatic heterocycles. The summed E-state index contributed by atoms with van der Waals surface area (Å²) >= 11 is 0. The van der Waals surface area contributed by atoms with Crippen molar-refractivity contribution in [2.24, 2.45) is 5.92 Å². The smallest absolute Gasteiger partial charge is 0.219 e. The number of hydrogen-bond donors (Lipinski definition) is 2. The predicted octanol–water partition coefficient (Wildman–Crippen LogP) is 1.38. The van der Waals surface area contributed by atoms with Crippen molar-refractivity contribution in [1.82, 2.24) is 10.2 Å². The van der Waals surface area contributed by atoms with Crippen molar-refractivity contribution >= 4 is 5.91 Å². The van der Waals surface area contributed by atoms with Gasteiger partial charge in [-0.25, -0.2) is 0 Å². The van der Waals surface area contributed by atoms with E-state index in [9.17, 15) is 9.90 Å². The van der Waals surface area contributed by atoms with Crippen molar-refractivity contribution in [2.75, 3.05) is 19.6 Å². The second-order valence-electron chi connectivity index (χ2n) is 5.33. The maximum absolute atomic E-state index is 11.2. The van der Waals surface area contributed by atoms with E-state index in [1.807, 2.05) is 4.90 Å². The first-order valence-corrected chi connectivity index (χ1v) is 7.25. The van der Waals surface area contributed by atoms with E-state index in [1.54, 1.807) is 6.92 Å². The molecule has 4 nitrogen and oxygen atoms in total. The third-order valence-corrected chi connectivity index (χ3v) is 4.15. The summed E-state index contributed by atoms with van der Waals surface area (Å²) in [6, 6.07) is 0.449. The van der Waals surface area contributed by atoms with Crippen LogP contribution < -0.4 is 5.32 Å². The fourth-order valence-corrected chi connectivity index (χ4v) is 2.69. The van der Waals surface area contributed by atoms with Gasteiger partial charge in [-0.3, -0.25) is 4.79 Å². The molecule has 4 heteroatoms. The highest BCUT2D eigenvalue weighted by molar-refractivity contribution is 5.73. The largest absolute Gasteiger partial charge is 0.392 e. The average Bonchev–Trinajstić information content (AvgIpc) is 2.38. The van der Waals surface area contributed by atoms with Crippen molar-refractivity contribution in [1.29, 1.82) is 0 Å². The molecule has 1 saturated heterocycles. The van der Waals surface area contributed by atoms with E-state index in [0.717, 1.165) is 38.8 Å². The summed E-state index contributed by atoms with van der Waals surface area (Å²) in [5.74, 6) is 0.570. The van der Waals surface area contributed by atoms with Crippen molar-refractivity contribution in [2.45, 2.75) is 58.6 Å². The maximum Gasteiger partial charge on any atom is 0.219 e. The van der Waals surface area contributed by atoms with Crippen LogP contribution in [0.1, 0.15) is 46.5 Å². The molecule has 0 aromatic carbocycles. The molecule has 1 atom stereocenters. The van der Waals surface area contributed by atoms with Crippen LogP contribution in [-0.2, 0) is 4.79 Å². The van der Waals surface area contributed by atoms with Crippen LogP contribution in [0.15, 0.2) is 0 Å².